The maximum atomic E-state index is 9.97. The minimum atomic E-state index is 0.230. The normalized spacial score (nSPS) is 38.0. The highest BCUT2D eigenvalue weighted by Crippen LogP contribution is 2.68. The Morgan fingerprint density at radius 1 is 1.03 bits per heavy atom. The van der Waals surface area contributed by atoms with Crippen LogP contribution in [0.25, 0.3) is 0 Å². The molecule has 5 rings (SSSR count). The average molecular weight is 391 g/mol. The monoisotopic (exact) mass is 390 g/mol. The molecule has 154 valence electrons. The number of phenols is 1. The lowest BCUT2D eigenvalue weighted by Gasteiger charge is -2.55. The average Bonchev–Trinajstić information content (AvgIpc) is 2.98. The molecule has 0 saturated heterocycles. The molecule has 3 aliphatic rings. The molecule has 0 radical (unpaired) electrons. The Labute approximate surface area is 175 Å². The predicted molar refractivity (Wildman–Crippen MR) is 117 cm³/mol. The summed E-state index contributed by atoms with van der Waals surface area (Å²) in [5, 5.41) is 9.97. The Morgan fingerprint density at radius 3 is 2.62 bits per heavy atom. The molecule has 6 atom stereocenters. The molecule has 2 heteroatoms. The summed E-state index contributed by atoms with van der Waals surface area (Å²) in [6.45, 7) is 8.32. The van der Waals surface area contributed by atoms with Gasteiger partial charge in [-0.2, -0.15) is 0 Å². The zero-order chi connectivity index (χ0) is 20.2. The molecule has 0 amide bonds. The van der Waals surface area contributed by atoms with E-state index in [-0.39, 0.29) is 5.41 Å². The zero-order valence-corrected chi connectivity index (χ0v) is 18.0. The smallest absolute Gasteiger partial charge is 0.119 e. The van der Waals surface area contributed by atoms with Crippen LogP contribution in [0, 0.1) is 28.6 Å². The van der Waals surface area contributed by atoms with Gasteiger partial charge in [-0.1, -0.05) is 45.0 Å². The predicted octanol–water partition coefficient (Wildman–Crippen LogP) is 6.58. The van der Waals surface area contributed by atoms with Crippen molar-refractivity contribution in [2.45, 2.75) is 58.8 Å². The van der Waals surface area contributed by atoms with Crippen molar-refractivity contribution in [3.63, 3.8) is 0 Å². The summed E-state index contributed by atoms with van der Waals surface area (Å²) in [6.07, 6.45) is 6.24. The molecule has 1 N–H and O–H groups in total. The summed E-state index contributed by atoms with van der Waals surface area (Å²) in [4.78, 5) is 0. The summed E-state index contributed by atoms with van der Waals surface area (Å²) in [6, 6.07) is 16.4. The lowest BCUT2D eigenvalue weighted by molar-refractivity contribution is -0.0514. The van der Waals surface area contributed by atoms with Crippen LogP contribution in [0.15, 0.2) is 48.5 Å². The molecular weight excluding hydrogens is 356 g/mol. The lowest BCUT2D eigenvalue weighted by Crippen LogP contribution is -2.49. The molecule has 0 spiro atoms. The number of aromatic hydroxyl groups is 1. The van der Waals surface area contributed by atoms with Crippen molar-refractivity contribution in [3.05, 3.63) is 59.7 Å². The number of hydrogen-bond donors (Lipinski definition) is 1. The summed E-state index contributed by atoms with van der Waals surface area (Å²) in [7, 11) is 0. The van der Waals surface area contributed by atoms with Gasteiger partial charge in [0.2, 0.25) is 0 Å². The molecule has 0 aliphatic heterocycles. The van der Waals surface area contributed by atoms with E-state index in [1.54, 1.807) is 0 Å². The van der Waals surface area contributed by atoms with Gasteiger partial charge in [-0.25, -0.2) is 0 Å². The second-order valence-electron chi connectivity index (χ2n) is 10.5. The Bertz CT molecular complexity index is 891. The molecule has 0 heterocycles. The molecule has 3 aliphatic carbocycles. The third-order valence-electron chi connectivity index (χ3n) is 9.13. The summed E-state index contributed by atoms with van der Waals surface area (Å²) >= 11 is 0. The standard InChI is InChI=1S/C27H34O2/c1-18-15-19-16-20(28)9-10-22(19)23-11-14-27(3)24(25(18)23)12-13-26(27,2)17-29-21-7-5-4-6-8-21/h4-10,16,18,23-25,28H,11-15,17H2,1-3H3/t18-,23?,24?,25?,26?,27?/m1/s1. The molecule has 0 bridgehead atoms. The van der Waals surface area contributed by atoms with E-state index in [1.165, 1.54) is 36.8 Å². The van der Waals surface area contributed by atoms with E-state index in [0.29, 0.717) is 23.0 Å². The highest BCUT2D eigenvalue weighted by molar-refractivity contribution is 5.40. The van der Waals surface area contributed by atoms with E-state index in [4.69, 9.17) is 4.74 Å². The van der Waals surface area contributed by atoms with Crippen molar-refractivity contribution in [2.24, 2.45) is 28.6 Å². The van der Waals surface area contributed by atoms with Crippen molar-refractivity contribution in [1.29, 1.82) is 0 Å². The number of ether oxygens (including phenoxy) is 1. The highest BCUT2D eigenvalue weighted by atomic mass is 16.5. The Kier molecular flexibility index (Phi) is 4.46. The van der Waals surface area contributed by atoms with Gasteiger partial charge in [0.25, 0.3) is 0 Å². The SMILES string of the molecule is C[C@@H]1Cc2cc(O)ccc2C2CCC3(C)C(CCC3(C)COc3ccccc3)C21. The van der Waals surface area contributed by atoms with Crippen LogP contribution < -0.4 is 4.74 Å². The van der Waals surface area contributed by atoms with Gasteiger partial charge in [0.05, 0.1) is 6.61 Å². The fourth-order valence-corrected chi connectivity index (χ4v) is 7.32. The number of fused-ring (bicyclic) bond motifs is 5. The van der Waals surface area contributed by atoms with Crippen LogP contribution in [0.2, 0.25) is 0 Å². The Balaban J connectivity index is 1.42. The van der Waals surface area contributed by atoms with Crippen molar-refractivity contribution in [2.75, 3.05) is 6.61 Å². The van der Waals surface area contributed by atoms with Crippen LogP contribution in [-0.4, -0.2) is 11.7 Å². The minimum absolute atomic E-state index is 0.230. The lowest BCUT2D eigenvalue weighted by atomic mass is 9.49. The van der Waals surface area contributed by atoms with Crippen LogP contribution in [0.1, 0.15) is 63.5 Å². The third kappa shape index (κ3) is 2.90. The number of benzene rings is 2. The van der Waals surface area contributed by atoms with E-state index < -0.39 is 0 Å². The van der Waals surface area contributed by atoms with Crippen molar-refractivity contribution in [3.8, 4) is 11.5 Å². The zero-order valence-electron chi connectivity index (χ0n) is 18.0. The van der Waals surface area contributed by atoms with Gasteiger partial charge >= 0.3 is 0 Å². The molecule has 2 aromatic rings. The topological polar surface area (TPSA) is 29.5 Å². The molecule has 29 heavy (non-hydrogen) atoms. The molecule has 2 fully saturated rings. The second kappa shape index (κ2) is 6.79. The fourth-order valence-electron chi connectivity index (χ4n) is 7.32. The number of hydrogen-bond acceptors (Lipinski definition) is 2. The molecule has 2 nitrogen and oxygen atoms in total. The summed E-state index contributed by atoms with van der Waals surface area (Å²) in [5.41, 5.74) is 3.47. The first-order valence-corrected chi connectivity index (χ1v) is 11.4. The van der Waals surface area contributed by atoms with Crippen LogP contribution in [0.3, 0.4) is 0 Å². The number of phenolic OH excluding ortho intramolecular Hbond substituents is 1. The van der Waals surface area contributed by atoms with Gasteiger partial charge in [0, 0.05) is 5.41 Å². The molecular formula is C27H34O2. The number of para-hydroxylation sites is 1. The van der Waals surface area contributed by atoms with Crippen molar-refractivity contribution in [1.82, 2.24) is 0 Å². The molecule has 2 saturated carbocycles. The second-order valence-corrected chi connectivity index (χ2v) is 10.5. The Hall–Kier alpha value is -1.96. The van der Waals surface area contributed by atoms with E-state index in [1.807, 2.05) is 18.2 Å². The highest BCUT2D eigenvalue weighted by Gasteiger charge is 2.61. The quantitative estimate of drug-likeness (QED) is 0.641. The maximum Gasteiger partial charge on any atom is 0.119 e. The number of rotatable bonds is 3. The summed E-state index contributed by atoms with van der Waals surface area (Å²) < 4.78 is 6.31. The third-order valence-corrected chi connectivity index (χ3v) is 9.13. The van der Waals surface area contributed by atoms with E-state index in [0.717, 1.165) is 30.6 Å². The maximum absolute atomic E-state index is 9.97. The van der Waals surface area contributed by atoms with E-state index in [2.05, 4.69) is 51.1 Å². The molecule has 5 unspecified atom stereocenters. The van der Waals surface area contributed by atoms with Crippen LogP contribution in [-0.2, 0) is 6.42 Å². The van der Waals surface area contributed by atoms with Crippen LogP contribution in [0.4, 0.5) is 0 Å². The van der Waals surface area contributed by atoms with Gasteiger partial charge in [-0.3, -0.25) is 0 Å². The van der Waals surface area contributed by atoms with Crippen molar-refractivity contribution >= 4 is 0 Å². The first kappa shape index (κ1) is 19.0. The fraction of sp³-hybridized carbons (Fsp3) is 0.556. The van der Waals surface area contributed by atoms with Crippen LogP contribution in [0.5, 0.6) is 11.5 Å². The molecule has 2 aromatic carbocycles. The van der Waals surface area contributed by atoms with Crippen LogP contribution >= 0.6 is 0 Å². The van der Waals surface area contributed by atoms with Gasteiger partial charge < -0.3 is 9.84 Å². The van der Waals surface area contributed by atoms with Gasteiger partial charge in [0.15, 0.2) is 0 Å². The Morgan fingerprint density at radius 2 is 1.83 bits per heavy atom. The first-order chi connectivity index (χ1) is 13.9. The van der Waals surface area contributed by atoms with E-state index >= 15 is 0 Å². The van der Waals surface area contributed by atoms with E-state index in [9.17, 15) is 5.11 Å². The largest absolute Gasteiger partial charge is 0.508 e. The van der Waals surface area contributed by atoms with Crippen molar-refractivity contribution < 1.29 is 9.84 Å². The van der Waals surface area contributed by atoms with Gasteiger partial charge in [-0.05, 0) is 96.6 Å². The minimum Gasteiger partial charge on any atom is -0.508 e. The summed E-state index contributed by atoms with van der Waals surface area (Å²) in [5.74, 6) is 4.27. The first-order valence-electron chi connectivity index (χ1n) is 11.4. The van der Waals surface area contributed by atoms with Gasteiger partial charge in [-0.15, -0.1) is 0 Å². The van der Waals surface area contributed by atoms with Gasteiger partial charge in [0.1, 0.15) is 11.5 Å². The molecule has 0 aromatic heterocycles.